The number of aryl methyl sites for hydroxylation is 1. The van der Waals surface area contributed by atoms with Crippen molar-refractivity contribution in [3.8, 4) is 11.5 Å². The average Bonchev–Trinajstić information content (AvgIpc) is 3.27. The Morgan fingerprint density at radius 3 is 2.52 bits per heavy atom. The Bertz CT molecular complexity index is 1120. The second-order valence-corrected chi connectivity index (χ2v) is 9.94. The first-order valence-electron chi connectivity index (χ1n) is 9.48. The Labute approximate surface area is 178 Å². The second kappa shape index (κ2) is 7.88. The maximum absolute atomic E-state index is 12.9. The molecule has 2 aromatic carbocycles. The minimum Gasteiger partial charge on any atom is -0.454 e. The third-order valence-electron chi connectivity index (χ3n) is 4.89. The van der Waals surface area contributed by atoms with Crippen molar-refractivity contribution in [2.75, 3.05) is 18.8 Å². The summed E-state index contributed by atoms with van der Waals surface area (Å²) < 4.78 is 14.2. The lowest BCUT2D eigenvalue weighted by Crippen LogP contribution is -2.18. The summed E-state index contributed by atoms with van der Waals surface area (Å²) >= 11 is 3.26. The summed E-state index contributed by atoms with van der Waals surface area (Å²) in [6.07, 6.45) is 2.07. The molecule has 0 spiro atoms. The molecule has 3 aromatic rings. The molecular weight excluding hydrogens is 404 g/mol. The van der Waals surface area contributed by atoms with E-state index in [2.05, 4.69) is 36.6 Å². The monoisotopic (exact) mass is 428 g/mol. The van der Waals surface area contributed by atoms with Crippen LogP contribution in [-0.2, 0) is 12.0 Å². The summed E-state index contributed by atoms with van der Waals surface area (Å²) in [6.45, 7) is 7.49. The van der Waals surface area contributed by atoms with Crippen LogP contribution in [0.5, 0.6) is 11.5 Å². The molecular formula is C22H24N2O3S2. The molecule has 1 aromatic heterocycles. The van der Waals surface area contributed by atoms with E-state index in [0.717, 1.165) is 34.0 Å². The van der Waals surface area contributed by atoms with Gasteiger partial charge in [-0.05, 0) is 29.4 Å². The quantitative estimate of drug-likeness (QED) is 0.597. The summed E-state index contributed by atoms with van der Waals surface area (Å²) in [5, 5.41) is 0. The summed E-state index contributed by atoms with van der Waals surface area (Å²) in [6, 6.07) is 11.7. The highest BCUT2D eigenvalue weighted by molar-refractivity contribution is 7.98. The predicted octanol–water partition coefficient (Wildman–Crippen LogP) is 4.83. The normalized spacial score (nSPS) is 14.0. The number of aromatic nitrogens is 1. The van der Waals surface area contributed by atoms with E-state index in [-0.39, 0.29) is 18.1 Å². The molecule has 0 saturated carbocycles. The van der Waals surface area contributed by atoms with Gasteiger partial charge in [0, 0.05) is 30.0 Å². The van der Waals surface area contributed by atoms with Gasteiger partial charge in [0.1, 0.15) is 0 Å². The van der Waals surface area contributed by atoms with Crippen LogP contribution in [0.15, 0.2) is 41.4 Å². The molecule has 5 nitrogen and oxygen atoms in total. The molecule has 0 N–H and O–H groups in total. The third-order valence-corrected chi connectivity index (χ3v) is 6.52. The van der Waals surface area contributed by atoms with Crippen LogP contribution >= 0.6 is 23.1 Å². The number of amides is 1. The van der Waals surface area contributed by atoms with Crippen molar-refractivity contribution >= 4 is 39.2 Å². The van der Waals surface area contributed by atoms with E-state index >= 15 is 0 Å². The molecule has 0 fully saturated rings. The van der Waals surface area contributed by atoms with Crippen LogP contribution in [0.1, 0.15) is 36.7 Å². The number of thioether (sulfide) groups is 1. The second-order valence-electron chi connectivity index (χ2n) is 7.95. The first-order valence-corrected chi connectivity index (χ1v) is 11.7. The summed E-state index contributed by atoms with van der Waals surface area (Å²) in [5.74, 6) is 2.19. The molecule has 0 atom stereocenters. The number of rotatable bonds is 4. The molecule has 1 aliphatic rings. The molecule has 0 radical (unpaired) electrons. The van der Waals surface area contributed by atoms with Crippen LogP contribution in [0.4, 0.5) is 0 Å². The van der Waals surface area contributed by atoms with Gasteiger partial charge in [0.25, 0.3) is 5.91 Å². The fourth-order valence-corrected chi connectivity index (χ4v) is 4.64. The Morgan fingerprint density at radius 2 is 1.86 bits per heavy atom. The maximum Gasteiger partial charge on any atom is 0.279 e. The van der Waals surface area contributed by atoms with Crippen molar-refractivity contribution in [3.05, 3.63) is 52.3 Å². The van der Waals surface area contributed by atoms with Crippen LogP contribution in [0, 0.1) is 0 Å². The van der Waals surface area contributed by atoms with Gasteiger partial charge in [0.2, 0.25) is 6.79 Å². The maximum atomic E-state index is 12.9. The molecule has 0 bridgehead atoms. The summed E-state index contributed by atoms with van der Waals surface area (Å²) in [4.78, 5) is 18.0. The van der Waals surface area contributed by atoms with Crippen LogP contribution in [0.2, 0.25) is 0 Å². The third kappa shape index (κ3) is 4.07. The van der Waals surface area contributed by atoms with Gasteiger partial charge in [-0.25, -0.2) is 0 Å². The van der Waals surface area contributed by atoms with Crippen molar-refractivity contribution in [2.24, 2.45) is 4.99 Å². The van der Waals surface area contributed by atoms with Crippen molar-refractivity contribution in [1.82, 2.24) is 4.57 Å². The van der Waals surface area contributed by atoms with Crippen molar-refractivity contribution in [2.45, 2.75) is 32.7 Å². The SMILES string of the molecule is CSCCn1c(=NC(=O)c2ccc(C(C)(C)C)cc2)sc2cc3c(cc21)OCO3. The highest BCUT2D eigenvalue weighted by Crippen LogP contribution is 2.37. The fourth-order valence-electron chi connectivity index (χ4n) is 3.21. The largest absolute Gasteiger partial charge is 0.454 e. The molecule has 0 saturated heterocycles. The molecule has 152 valence electrons. The molecule has 2 heterocycles. The highest BCUT2D eigenvalue weighted by atomic mass is 32.2. The van der Waals surface area contributed by atoms with Crippen molar-refractivity contribution in [1.29, 1.82) is 0 Å². The Hall–Kier alpha value is -2.25. The standard InChI is InChI=1S/C22H24N2O3S2/c1-22(2,3)15-7-5-14(6-8-15)20(25)23-21-24(9-10-28-4)16-11-17-18(27-13-26-17)12-19(16)29-21/h5-8,11-12H,9-10,13H2,1-4H3. The van der Waals surface area contributed by atoms with E-state index in [1.165, 1.54) is 16.9 Å². The molecule has 1 aliphatic heterocycles. The van der Waals surface area contributed by atoms with E-state index in [1.54, 1.807) is 11.8 Å². The van der Waals surface area contributed by atoms with Gasteiger partial charge >= 0.3 is 0 Å². The number of nitrogens with zero attached hydrogens (tertiary/aromatic N) is 2. The zero-order valence-corrected chi connectivity index (χ0v) is 18.7. The van der Waals surface area contributed by atoms with Crippen LogP contribution in [0.25, 0.3) is 10.2 Å². The van der Waals surface area contributed by atoms with Crippen molar-refractivity contribution in [3.63, 3.8) is 0 Å². The van der Waals surface area contributed by atoms with Gasteiger partial charge in [-0.2, -0.15) is 16.8 Å². The molecule has 0 unspecified atom stereocenters. The lowest BCUT2D eigenvalue weighted by Gasteiger charge is -2.18. The van der Waals surface area contributed by atoms with Gasteiger partial charge in [0.15, 0.2) is 16.3 Å². The molecule has 4 rings (SSSR count). The number of ether oxygens (including phenoxy) is 2. The summed E-state index contributed by atoms with van der Waals surface area (Å²) in [5.41, 5.74) is 2.86. The van der Waals surface area contributed by atoms with Crippen LogP contribution in [-0.4, -0.2) is 29.3 Å². The minimum absolute atomic E-state index is 0.0512. The van der Waals surface area contributed by atoms with Crippen LogP contribution in [0.3, 0.4) is 0 Å². The molecule has 1 amide bonds. The number of benzene rings is 2. The zero-order valence-electron chi connectivity index (χ0n) is 17.0. The number of carbonyl (C=O) groups excluding carboxylic acids is 1. The average molecular weight is 429 g/mol. The fraction of sp³-hybridized carbons (Fsp3) is 0.364. The number of hydrogen-bond donors (Lipinski definition) is 0. The van der Waals surface area contributed by atoms with Crippen molar-refractivity contribution < 1.29 is 14.3 Å². The topological polar surface area (TPSA) is 52.8 Å². The van der Waals surface area contributed by atoms with Gasteiger partial charge < -0.3 is 14.0 Å². The number of thiazole rings is 1. The predicted molar refractivity (Wildman–Crippen MR) is 119 cm³/mol. The number of fused-ring (bicyclic) bond motifs is 2. The lowest BCUT2D eigenvalue weighted by molar-refractivity contribution is 0.0998. The first kappa shape index (κ1) is 20.0. The smallest absolute Gasteiger partial charge is 0.279 e. The van der Waals surface area contributed by atoms with E-state index in [1.807, 2.05) is 36.4 Å². The molecule has 29 heavy (non-hydrogen) atoms. The van der Waals surface area contributed by atoms with Gasteiger partial charge in [-0.3, -0.25) is 4.79 Å². The summed E-state index contributed by atoms with van der Waals surface area (Å²) in [7, 11) is 0. The Kier molecular flexibility index (Phi) is 5.44. The highest BCUT2D eigenvalue weighted by Gasteiger charge is 2.18. The molecule has 0 aliphatic carbocycles. The van der Waals surface area contributed by atoms with E-state index in [9.17, 15) is 4.79 Å². The number of hydrogen-bond acceptors (Lipinski definition) is 5. The zero-order chi connectivity index (χ0) is 20.6. The Balaban J connectivity index is 1.75. The Morgan fingerprint density at radius 1 is 1.17 bits per heavy atom. The number of carbonyl (C=O) groups is 1. The van der Waals surface area contributed by atoms with E-state index in [4.69, 9.17) is 9.47 Å². The van der Waals surface area contributed by atoms with Crippen LogP contribution < -0.4 is 14.3 Å². The van der Waals surface area contributed by atoms with E-state index in [0.29, 0.717) is 10.4 Å². The molecule has 7 heteroatoms. The minimum atomic E-state index is -0.227. The first-order chi connectivity index (χ1) is 13.9. The van der Waals surface area contributed by atoms with Gasteiger partial charge in [-0.15, -0.1) is 0 Å². The van der Waals surface area contributed by atoms with Gasteiger partial charge in [-0.1, -0.05) is 44.2 Å². The lowest BCUT2D eigenvalue weighted by atomic mass is 9.87. The van der Waals surface area contributed by atoms with E-state index < -0.39 is 0 Å². The van der Waals surface area contributed by atoms with Gasteiger partial charge in [0.05, 0.1) is 10.2 Å².